The number of pyridine rings is 1. The highest BCUT2D eigenvalue weighted by atomic mass is 35.5. The van der Waals surface area contributed by atoms with E-state index in [1.165, 1.54) is 11.3 Å². The summed E-state index contributed by atoms with van der Waals surface area (Å²) in [5, 5.41) is 17.1. The first-order chi connectivity index (χ1) is 24.3. The number of nitrogens with zero attached hydrogens (tertiary/aromatic N) is 6. The van der Waals surface area contributed by atoms with Crippen LogP contribution < -0.4 is 0 Å². The van der Waals surface area contributed by atoms with Gasteiger partial charge in [0.1, 0.15) is 10.5 Å². The predicted molar refractivity (Wildman–Crippen MR) is 200 cm³/mol. The van der Waals surface area contributed by atoms with Gasteiger partial charge in [0.25, 0.3) is 0 Å². The van der Waals surface area contributed by atoms with Gasteiger partial charge in [-0.25, -0.2) is 14.8 Å². The van der Waals surface area contributed by atoms with E-state index in [0.29, 0.717) is 28.6 Å². The number of hydrogen-bond acceptors (Lipinski definition) is 8. The molecule has 2 saturated heterocycles. The van der Waals surface area contributed by atoms with Crippen molar-refractivity contribution in [2.75, 3.05) is 26.2 Å². The minimum atomic E-state index is -1.18. The smallest absolute Gasteiger partial charge is 0.337 e. The van der Waals surface area contributed by atoms with Crippen molar-refractivity contribution in [1.82, 2.24) is 29.5 Å². The van der Waals surface area contributed by atoms with E-state index in [9.17, 15) is 14.7 Å². The molecule has 5 aromatic rings. The number of carboxylic acid groups (broad SMARTS) is 1. The number of rotatable bonds is 8. The molecule has 51 heavy (non-hydrogen) atoms. The summed E-state index contributed by atoms with van der Waals surface area (Å²) in [5.41, 5.74) is 7.00. The van der Waals surface area contributed by atoms with Crippen molar-refractivity contribution >= 4 is 56.1 Å². The zero-order valence-corrected chi connectivity index (χ0v) is 31.2. The zero-order valence-electron chi connectivity index (χ0n) is 29.6. The van der Waals surface area contributed by atoms with Crippen LogP contribution in [-0.2, 0) is 14.3 Å². The SMILES string of the molecule is CC(=O)N1CC(N2CCC(c3nn(C4CC4)c4ccc(-c5nc6cc(C)c(C(OC(C)(C)C)C(=O)O)c(-c7ccc(Cl)cc7)c6s5)nc34)CC2)C1. The Balaban J connectivity index is 1.19. The van der Waals surface area contributed by atoms with Crippen LogP contribution in [0.4, 0.5) is 0 Å². The Morgan fingerprint density at radius 3 is 2.33 bits per heavy atom. The minimum absolute atomic E-state index is 0.156. The highest BCUT2D eigenvalue weighted by molar-refractivity contribution is 7.22. The summed E-state index contributed by atoms with van der Waals surface area (Å²) in [6.07, 6.45) is 3.10. The van der Waals surface area contributed by atoms with Crippen molar-refractivity contribution < 1.29 is 19.4 Å². The average molecular weight is 727 g/mol. The fraction of sp³-hybridized carbons (Fsp3) is 0.462. The van der Waals surface area contributed by atoms with Crippen LogP contribution in [0.3, 0.4) is 0 Å². The first kappa shape index (κ1) is 34.2. The van der Waals surface area contributed by atoms with E-state index in [1.54, 1.807) is 6.92 Å². The maximum absolute atomic E-state index is 12.8. The Labute approximate surface area is 306 Å². The number of aryl methyl sites for hydroxylation is 1. The lowest BCUT2D eigenvalue weighted by atomic mass is 9.91. The molecule has 3 fully saturated rings. The second-order valence-corrected chi connectivity index (χ2v) is 16.8. The number of ether oxygens (including phenoxy) is 1. The number of halogens is 1. The van der Waals surface area contributed by atoms with Gasteiger partial charge in [-0.15, -0.1) is 11.3 Å². The molecule has 266 valence electrons. The average Bonchev–Trinajstić information content (AvgIpc) is 3.70. The van der Waals surface area contributed by atoms with Crippen LogP contribution in [0.25, 0.3) is 43.1 Å². The normalized spacial score (nSPS) is 18.4. The molecule has 8 rings (SSSR count). The summed E-state index contributed by atoms with van der Waals surface area (Å²) in [4.78, 5) is 39.4. The lowest BCUT2D eigenvalue weighted by molar-refractivity contribution is -0.160. The van der Waals surface area contributed by atoms with Crippen molar-refractivity contribution in [3.05, 3.63) is 64.3 Å². The first-order valence-electron chi connectivity index (χ1n) is 17.8. The van der Waals surface area contributed by atoms with Gasteiger partial charge in [0.2, 0.25) is 5.91 Å². The number of aliphatic carboxylic acids is 1. The van der Waals surface area contributed by atoms with Crippen molar-refractivity contribution in [2.24, 2.45) is 0 Å². The number of piperidine rings is 1. The van der Waals surface area contributed by atoms with Crippen molar-refractivity contribution in [3.63, 3.8) is 0 Å². The number of benzene rings is 2. The van der Waals surface area contributed by atoms with E-state index in [1.807, 2.05) is 69.0 Å². The van der Waals surface area contributed by atoms with Gasteiger partial charge in [0.15, 0.2) is 6.10 Å². The summed E-state index contributed by atoms with van der Waals surface area (Å²) in [6.45, 7) is 12.8. The molecule has 5 heterocycles. The molecule has 0 spiro atoms. The third-order valence-electron chi connectivity index (χ3n) is 10.4. The van der Waals surface area contributed by atoms with Gasteiger partial charge in [-0.1, -0.05) is 23.7 Å². The lowest BCUT2D eigenvalue weighted by Crippen LogP contribution is -2.61. The molecule has 1 unspecified atom stereocenters. The number of carbonyl (C=O) groups is 2. The minimum Gasteiger partial charge on any atom is -0.479 e. The Morgan fingerprint density at radius 1 is 1.00 bits per heavy atom. The summed E-state index contributed by atoms with van der Waals surface area (Å²) in [5.74, 6) is -0.580. The van der Waals surface area contributed by atoms with E-state index >= 15 is 0 Å². The summed E-state index contributed by atoms with van der Waals surface area (Å²) >= 11 is 7.82. The molecule has 1 aliphatic carbocycles. The largest absolute Gasteiger partial charge is 0.479 e. The molecule has 10 nitrogen and oxygen atoms in total. The van der Waals surface area contributed by atoms with Crippen LogP contribution >= 0.6 is 22.9 Å². The summed E-state index contributed by atoms with van der Waals surface area (Å²) in [6, 6.07) is 14.5. The Morgan fingerprint density at radius 2 is 1.71 bits per heavy atom. The van der Waals surface area contributed by atoms with Gasteiger partial charge < -0.3 is 14.7 Å². The quantitative estimate of drug-likeness (QED) is 0.171. The van der Waals surface area contributed by atoms with Crippen LogP contribution in [0.1, 0.15) is 88.3 Å². The molecule has 2 aliphatic heterocycles. The third kappa shape index (κ3) is 6.54. The molecule has 2 aromatic carbocycles. The molecule has 0 radical (unpaired) electrons. The van der Waals surface area contributed by atoms with Crippen LogP contribution in [0.5, 0.6) is 0 Å². The van der Waals surface area contributed by atoms with Gasteiger partial charge in [-0.2, -0.15) is 5.10 Å². The number of carbonyl (C=O) groups excluding carboxylic acids is 1. The number of aromatic nitrogens is 4. The second-order valence-electron chi connectivity index (χ2n) is 15.3. The Bertz CT molecular complexity index is 2150. The number of carboxylic acids is 1. The molecule has 1 saturated carbocycles. The van der Waals surface area contributed by atoms with E-state index < -0.39 is 17.7 Å². The Hall–Kier alpha value is -3.90. The number of fused-ring (bicyclic) bond motifs is 2. The van der Waals surface area contributed by atoms with E-state index in [2.05, 4.69) is 15.6 Å². The van der Waals surface area contributed by atoms with Gasteiger partial charge in [0.05, 0.1) is 38.8 Å². The third-order valence-corrected chi connectivity index (χ3v) is 11.8. The Kier molecular flexibility index (Phi) is 8.68. The molecule has 3 aliphatic rings. The molecule has 0 bridgehead atoms. The zero-order chi connectivity index (χ0) is 35.8. The van der Waals surface area contributed by atoms with Crippen LogP contribution in [0, 0.1) is 6.92 Å². The predicted octanol–water partition coefficient (Wildman–Crippen LogP) is 8.02. The van der Waals surface area contributed by atoms with Gasteiger partial charge in [0, 0.05) is 48.1 Å². The maximum atomic E-state index is 12.8. The van der Waals surface area contributed by atoms with Gasteiger partial charge in [-0.3, -0.25) is 14.4 Å². The van der Waals surface area contributed by atoms with Gasteiger partial charge >= 0.3 is 5.97 Å². The molecule has 12 heteroatoms. The van der Waals surface area contributed by atoms with Crippen molar-refractivity contribution in [3.8, 4) is 21.8 Å². The highest BCUT2D eigenvalue weighted by Crippen LogP contribution is 2.45. The monoisotopic (exact) mass is 726 g/mol. The number of likely N-dealkylation sites (tertiary alicyclic amines) is 2. The molecular weight excluding hydrogens is 684 g/mol. The fourth-order valence-corrected chi connectivity index (χ4v) is 8.88. The molecule has 1 amide bonds. The van der Waals surface area contributed by atoms with E-state index in [-0.39, 0.29) is 5.91 Å². The first-order valence-corrected chi connectivity index (χ1v) is 19.0. The van der Waals surface area contributed by atoms with E-state index in [4.69, 9.17) is 31.4 Å². The standard InChI is InChI=1S/C39H43ClN6O4S/c1-21-18-29-36(32(23-6-8-25(40)9-7-23)31(21)35(38(48)49)50-39(3,4)5)51-37(42-29)28-12-13-30-34(41-28)33(43-46(30)26-10-11-26)24-14-16-44(17-15-24)27-19-45(20-27)22(2)47/h6-9,12-13,18,24,26-27,35H,10-11,14-17,19-20H2,1-5H3,(H,48,49). The van der Waals surface area contributed by atoms with Crippen LogP contribution in [-0.4, -0.2) is 84.4 Å². The van der Waals surface area contributed by atoms with Crippen LogP contribution in [0.15, 0.2) is 42.5 Å². The van der Waals surface area contributed by atoms with Crippen LogP contribution in [0.2, 0.25) is 5.02 Å². The number of thiazole rings is 1. The van der Waals surface area contributed by atoms with E-state index in [0.717, 1.165) is 106 Å². The van der Waals surface area contributed by atoms with Crippen molar-refractivity contribution in [1.29, 1.82) is 0 Å². The summed E-state index contributed by atoms with van der Waals surface area (Å²) < 4.78 is 9.27. The van der Waals surface area contributed by atoms with Crippen molar-refractivity contribution in [2.45, 2.75) is 90.0 Å². The molecule has 1 N–H and O–H groups in total. The lowest BCUT2D eigenvalue weighted by Gasteiger charge is -2.47. The fourth-order valence-electron chi connectivity index (χ4n) is 7.66. The molecule has 3 aromatic heterocycles. The van der Waals surface area contributed by atoms with Gasteiger partial charge in [-0.05, 0) is 108 Å². The number of amides is 1. The second kappa shape index (κ2) is 12.9. The summed E-state index contributed by atoms with van der Waals surface area (Å²) in [7, 11) is 0. The molecule has 1 atom stereocenters. The maximum Gasteiger partial charge on any atom is 0.337 e. The highest BCUT2D eigenvalue weighted by Gasteiger charge is 2.37. The molecular formula is C39H43ClN6O4S. The topological polar surface area (TPSA) is 114 Å². The number of hydrogen-bond donors (Lipinski definition) is 1.